The van der Waals surface area contributed by atoms with Crippen LogP contribution < -0.4 is 0 Å². The van der Waals surface area contributed by atoms with Gasteiger partial charge in [-0.05, 0) is 133 Å². The SMILES string of the molecule is CCO[Si](CCC(CCCN(C)C)(CCCN(C)C)CCCN(C)C)(OCC)OCC. The summed E-state index contributed by atoms with van der Waals surface area (Å²) in [6.07, 6.45) is 8.65. The number of rotatable bonds is 21. The molecular formula is C24H55N3O3Si. The van der Waals surface area contributed by atoms with E-state index in [9.17, 15) is 0 Å². The number of hydrogen-bond acceptors (Lipinski definition) is 6. The van der Waals surface area contributed by atoms with Crippen LogP contribution in [0.4, 0.5) is 0 Å². The van der Waals surface area contributed by atoms with Crippen LogP contribution in [0.1, 0.15) is 65.7 Å². The average Bonchev–Trinajstić information content (AvgIpc) is 2.66. The largest absolute Gasteiger partial charge is 0.500 e. The van der Waals surface area contributed by atoms with E-state index in [1.54, 1.807) is 0 Å². The number of hydrogen-bond donors (Lipinski definition) is 0. The van der Waals surface area contributed by atoms with Crippen LogP contribution >= 0.6 is 0 Å². The maximum atomic E-state index is 6.20. The third kappa shape index (κ3) is 14.7. The Labute approximate surface area is 196 Å². The lowest BCUT2D eigenvalue weighted by Gasteiger charge is -2.38. The Hall–Kier alpha value is -0.0231. The molecule has 0 saturated carbocycles. The van der Waals surface area contributed by atoms with Gasteiger partial charge in [0, 0.05) is 25.9 Å². The summed E-state index contributed by atoms with van der Waals surface area (Å²) in [5.74, 6) is 0. The molecule has 0 unspecified atom stereocenters. The highest BCUT2D eigenvalue weighted by atomic mass is 28.4. The molecule has 0 amide bonds. The molecule has 0 fully saturated rings. The lowest BCUT2D eigenvalue weighted by atomic mass is 9.73. The quantitative estimate of drug-likeness (QED) is 0.235. The zero-order valence-corrected chi connectivity index (χ0v) is 23.5. The Balaban J connectivity index is 5.56. The van der Waals surface area contributed by atoms with Crippen molar-refractivity contribution in [2.45, 2.75) is 71.8 Å². The molecule has 0 aliphatic rings. The van der Waals surface area contributed by atoms with E-state index >= 15 is 0 Å². The van der Waals surface area contributed by atoms with Crippen molar-refractivity contribution in [3.05, 3.63) is 0 Å². The van der Waals surface area contributed by atoms with Crippen molar-refractivity contribution in [1.29, 1.82) is 0 Å². The normalized spacial score (nSPS) is 13.2. The van der Waals surface area contributed by atoms with Gasteiger partial charge in [-0.1, -0.05) is 0 Å². The van der Waals surface area contributed by atoms with Gasteiger partial charge in [0.1, 0.15) is 0 Å². The first-order valence-corrected chi connectivity index (χ1v) is 14.4. The van der Waals surface area contributed by atoms with Crippen LogP contribution in [0.3, 0.4) is 0 Å². The highest BCUT2D eigenvalue weighted by Gasteiger charge is 2.43. The minimum atomic E-state index is -2.62. The molecular weight excluding hydrogens is 406 g/mol. The Morgan fingerprint density at radius 1 is 0.548 bits per heavy atom. The van der Waals surface area contributed by atoms with Crippen LogP contribution in [-0.4, -0.2) is 105 Å². The summed E-state index contributed by atoms with van der Waals surface area (Å²) in [6.45, 7) is 11.6. The van der Waals surface area contributed by atoms with E-state index in [4.69, 9.17) is 13.3 Å². The fourth-order valence-corrected chi connectivity index (χ4v) is 7.32. The van der Waals surface area contributed by atoms with Crippen molar-refractivity contribution < 1.29 is 13.3 Å². The second kappa shape index (κ2) is 17.5. The molecule has 0 radical (unpaired) electrons. The summed E-state index contributed by atoms with van der Waals surface area (Å²) in [7, 11) is 10.4. The molecule has 0 aromatic heterocycles. The van der Waals surface area contributed by atoms with Gasteiger partial charge in [-0.25, -0.2) is 0 Å². The summed E-state index contributed by atoms with van der Waals surface area (Å²) in [5, 5.41) is 0. The summed E-state index contributed by atoms with van der Waals surface area (Å²) in [4.78, 5) is 6.93. The molecule has 0 aliphatic carbocycles. The van der Waals surface area contributed by atoms with Gasteiger partial charge in [-0.3, -0.25) is 0 Å². The molecule has 0 aliphatic heterocycles. The van der Waals surface area contributed by atoms with E-state index in [1.165, 1.54) is 38.5 Å². The molecule has 0 saturated heterocycles. The monoisotopic (exact) mass is 461 g/mol. The van der Waals surface area contributed by atoms with Crippen LogP contribution in [-0.2, 0) is 13.3 Å². The Morgan fingerprint density at radius 2 is 0.871 bits per heavy atom. The van der Waals surface area contributed by atoms with Crippen LogP contribution in [0.25, 0.3) is 0 Å². The molecule has 0 bridgehead atoms. The predicted octanol–water partition coefficient (Wildman–Crippen LogP) is 4.44. The average molecular weight is 462 g/mol. The van der Waals surface area contributed by atoms with E-state index in [-0.39, 0.29) is 0 Å². The molecule has 0 aromatic rings. The van der Waals surface area contributed by atoms with Gasteiger partial charge in [-0.2, -0.15) is 0 Å². The Kier molecular flexibility index (Phi) is 17.4. The zero-order chi connectivity index (χ0) is 23.8. The van der Waals surface area contributed by atoms with Gasteiger partial charge < -0.3 is 28.0 Å². The van der Waals surface area contributed by atoms with Crippen LogP contribution in [0, 0.1) is 5.41 Å². The first-order chi connectivity index (χ1) is 14.6. The second-order valence-corrected chi connectivity index (χ2v) is 12.4. The molecule has 0 spiro atoms. The van der Waals surface area contributed by atoms with E-state index in [0.29, 0.717) is 25.2 Å². The van der Waals surface area contributed by atoms with E-state index < -0.39 is 8.80 Å². The lowest BCUT2D eigenvalue weighted by Crippen LogP contribution is -2.47. The van der Waals surface area contributed by atoms with Gasteiger partial charge in [0.25, 0.3) is 0 Å². The number of nitrogens with zero attached hydrogens (tertiary/aromatic N) is 3. The van der Waals surface area contributed by atoms with Crippen LogP contribution in [0.15, 0.2) is 0 Å². The van der Waals surface area contributed by atoms with Gasteiger partial charge in [0.15, 0.2) is 0 Å². The lowest BCUT2D eigenvalue weighted by molar-refractivity contribution is 0.0634. The molecule has 0 heterocycles. The standard InChI is InChI=1S/C24H55N3O3Si/c1-10-28-31(29-11-2,30-12-3)23-19-24(16-13-20-25(4)5,17-14-21-26(6)7)18-15-22-27(8)9/h10-23H2,1-9H3. The Bertz CT molecular complexity index is 370. The molecule has 0 aromatic carbocycles. The van der Waals surface area contributed by atoms with Crippen molar-refractivity contribution in [3.63, 3.8) is 0 Å². The maximum Gasteiger partial charge on any atom is 0.500 e. The highest BCUT2D eigenvalue weighted by molar-refractivity contribution is 6.60. The van der Waals surface area contributed by atoms with E-state index in [2.05, 4.69) is 77.8 Å². The topological polar surface area (TPSA) is 37.4 Å². The van der Waals surface area contributed by atoms with Gasteiger partial charge in [0.2, 0.25) is 0 Å². The minimum Gasteiger partial charge on any atom is -0.374 e. The summed E-state index contributed by atoms with van der Waals surface area (Å²) in [5.41, 5.74) is 0.325. The van der Waals surface area contributed by atoms with Crippen molar-refractivity contribution in [3.8, 4) is 0 Å². The van der Waals surface area contributed by atoms with Crippen molar-refractivity contribution in [2.24, 2.45) is 5.41 Å². The molecule has 31 heavy (non-hydrogen) atoms. The molecule has 7 heteroatoms. The molecule has 6 nitrogen and oxygen atoms in total. The maximum absolute atomic E-state index is 6.20. The summed E-state index contributed by atoms with van der Waals surface area (Å²) >= 11 is 0. The van der Waals surface area contributed by atoms with E-state index in [0.717, 1.165) is 32.1 Å². The fraction of sp³-hybridized carbons (Fsp3) is 1.00. The van der Waals surface area contributed by atoms with Gasteiger partial charge in [-0.15, -0.1) is 0 Å². The molecule has 0 N–H and O–H groups in total. The first-order valence-electron chi connectivity index (χ1n) is 12.5. The van der Waals surface area contributed by atoms with Crippen LogP contribution in [0.5, 0.6) is 0 Å². The molecule has 0 rings (SSSR count). The predicted molar refractivity (Wildman–Crippen MR) is 136 cm³/mol. The Morgan fingerprint density at radius 3 is 1.13 bits per heavy atom. The summed E-state index contributed by atoms with van der Waals surface area (Å²) < 4.78 is 18.6. The third-order valence-electron chi connectivity index (χ3n) is 5.99. The van der Waals surface area contributed by atoms with Crippen molar-refractivity contribution >= 4 is 8.80 Å². The van der Waals surface area contributed by atoms with Crippen molar-refractivity contribution in [1.82, 2.24) is 14.7 Å². The second-order valence-electron chi connectivity index (χ2n) is 9.70. The highest BCUT2D eigenvalue weighted by Crippen LogP contribution is 2.42. The smallest absolute Gasteiger partial charge is 0.374 e. The van der Waals surface area contributed by atoms with Gasteiger partial charge >= 0.3 is 8.80 Å². The molecule has 0 atom stereocenters. The van der Waals surface area contributed by atoms with Gasteiger partial charge in [0.05, 0.1) is 0 Å². The van der Waals surface area contributed by atoms with Crippen LogP contribution in [0.2, 0.25) is 6.04 Å². The van der Waals surface area contributed by atoms with Crippen molar-refractivity contribution in [2.75, 3.05) is 81.7 Å². The van der Waals surface area contributed by atoms with E-state index in [1.807, 2.05) is 0 Å². The fourth-order valence-electron chi connectivity index (χ4n) is 4.48. The summed E-state index contributed by atoms with van der Waals surface area (Å²) in [6, 6.07) is 0.925. The third-order valence-corrected chi connectivity index (χ3v) is 9.04. The zero-order valence-electron chi connectivity index (χ0n) is 22.5. The molecule has 188 valence electrons. The minimum absolute atomic E-state index is 0.325. The first kappa shape index (κ1) is 31.0.